The molecular weight excluding hydrogens is 442 g/mol. The summed E-state index contributed by atoms with van der Waals surface area (Å²) < 4.78 is 10.4. The summed E-state index contributed by atoms with van der Waals surface area (Å²) in [7, 11) is 0. The molecule has 0 unspecified atom stereocenters. The minimum atomic E-state index is -0.871. The van der Waals surface area contributed by atoms with Crippen LogP contribution in [0.4, 0.5) is 10.5 Å². The second-order valence-corrected chi connectivity index (χ2v) is 8.07. The summed E-state index contributed by atoms with van der Waals surface area (Å²) in [6, 6.07) is 6.09. The summed E-state index contributed by atoms with van der Waals surface area (Å²) in [6.07, 6.45) is -0.485. The van der Waals surface area contributed by atoms with Crippen molar-refractivity contribution in [3.63, 3.8) is 0 Å². The van der Waals surface area contributed by atoms with Gasteiger partial charge in [-0.15, -0.1) is 0 Å². The van der Waals surface area contributed by atoms with Crippen LogP contribution in [0.1, 0.15) is 20.3 Å². The van der Waals surface area contributed by atoms with Crippen LogP contribution in [-0.4, -0.2) is 104 Å². The molecule has 0 bridgehead atoms. The van der Waals surface area contributed by atoms with Gasteiger partial charge in [-0.2, -0.15) is 0 Å². The van der Waals surface area contributed by atoms with Crippen molar-refractivity contribution in [3.8, 4) is 5.75 Å². The van der Waals surface area contributed by atoms with Gasteiger partial charge in [-0.25, -0.2) is 4.79 Å². The van der Waals surface area contributed by atoms with Gasteiger partial charge in [0.15, 0.2) is 0 Å². The topological polar surface area (TPSA) is 121 Å². The van der Waals surface area contributed by atoms with Crippen LogP contribution in [0.15, 0.2) is 24.3 Å². The van der Waals surface area contributed by atoms with E-state index < -0.39 is 6.04 Å². The second kappa shape index (κ2) is 12.2. The van der Waals surface area contributed by atoms with E-state index in [1.54, 1.807) is 36.1 Å². The lowest BCUT2D eigenvalue weighted by Crippen LogP contribution is -2.60. The minimum absolute atomic E-state index is 0.126. The Balaban J connectivity index is 1.53. The molecule has 2 aliphatic rings. The summed E-state index contributed by atoms with van der Waals surface area (Å²) in [5.74, 6) is -0.203. The number of piperazine rings is 2. The standard InChI is InChI=1S/C23H33N5O6/c1-3-33-18-7-5-17(6-8-18)25-20(29)15-19-22(31)24-9-10-28(19)21(30)16-26-11-13-27(14-12-26)23(32)34-4-2/h5-8,19H,3-4,9-16H2,1-2H3,(H,24,31)(H,25,29)/t19-/m0/s1. The summed E-state index contributed by atoms with van der Waals surface area (Å²) in [4.78, 5) is 55.1. The molecule has 0 saturated carbocycles. The Bertz CT molecular complexity index is 869. The molecule has 3 rings (SSSR count). The first-order chi connectivity index (χ1) is 16.4. The number of hydrogen-bond donors (Lipinski definition) is 2. The Kier molecular flexibility index (Phi) is 9.08. The Labute approximate surface area is 199 Å². The fourth-order valence-electron chi connectivity index (χ4n) is 3.99. The van der Waals surface area contributed by atoms with Gasteiger partial charge in [-0.05, 0) is 38.1 Å². The van der Waals surface area contributed by atoms with E-state index in [9.17, 15) is 19.2 Å². The average Bonchev–Trinajstić information content (AvgIpc) is 2.82. The van der Waals surface area contributed by atoms with Crippen LogP contribution in [0.5, 0.6) is 5.75 Å². The molecular formula is C23H33N5O6. The third kappa shape index (κ3) is 6.83. The number of carbonyl (C=O) groups excluding carboxylic acids is 4. The highest BCUT2D eigenvalue weighted by Crippen LogP contribution is 2.17. The molecule has 2 aliphatic heterocycles. The number of benzene rings is 1. The van der Waals surface area contributed by atoms with Gasteiger partial charge in [0.05, 0.1) is 26.2 Å². The zero-order valence-electron chi connectivity index (χ0n) is 19.7. The van der Waals surface area contributed by atoms with Crippen molar-refractivity contribution >= 4 is 29.5 Å². The fourth-order valence-corrected chi connectivity index (χ4v) is 3.99. The van der Waals surface area contributed by atoms with E-state index in [0.29, 0.717) is 63.9 Å². The summed E-state index contributed by atoms with van der Waals surface area (Å²) in [6.45, 7) is 7.35. The maximum absolute atomic E-state index is 13.0. The monoisotopic (exact) mass is 475 g/mol. The molecule has 34 heavy (non-hydrogen) atoms. The summed E-state index contributed by atoms with van der Waals surface area (Å²) in [5, 5.41) is 5.51. The third-order valence-corrected chi connectivity index (χ3v) is 5.74. The van der Waals surface area contributed by atoms with E-state index in [4.69, 9.17) is 9.47 Å². The first kappa shape index (κ1) is 25.3. The smallest absolute Gasteiger partial charge is 0.409 e. The van der Waals surface area contributed by atoms with Crippen molar-refractivity contribution in [2.24, 2.45) is 0 Å². The number of rotatable bonds is 8. The molecule has 2 saturated heterocycles. The van der Waals surface area contributed by atoms with Gasteiger partial charge in [0.2, 0.25) is 17.7 Å². The first-order valence-electron chi connectivity index (χ1n) is 11.6. The summed E-state index contributed by atoms with van der Waals surface area (Å²) >= 11 is 0. The molecule has 4 amide bonds. The van der Waals surface area contributed by atoms with Gasteiger partial charge in [0.25, 0.3) is 0 Å². The molecule has 1 aromatic carbocycles. The van der Waals surface area contributed by atoms with E-state index in [2.05, 4.69) is 10.6 Å². The molecule has 2 N–H and O–H groups in total. The molecule has 1 atom stereocenters. The van der Waals surface area contributed by atoms with Crippen LogP contribution in [0.25, 0.3) is 0 Å². The highest BCUT2D eigenvalue weighted by molar-refractivity contribution is 5.97. The predicted octanol–water partition coefficient (Wildman–Crippen LogP) is 0.515. The number of carbonyl (C=O) groups is 4. The van der Waals surface area contributed by atoms with Crippen molar-refractivity contribution in [2.45, 2.75) is 26.3 Å². The highest BCUT2D eigenvalue weighted by atomic mass is 16.6. The Hall–Kier alpha value is -3.34. The van der Waals surface area contributed by atoms with Crippen molar-refractivity contribution in [1.82, 2.24) is 20.0 Å². The van der Waals surface area contributed by atoms with E-state index in [0.717, 1.165) is 0 Å². The van der Waals surface area contributed by atoms with Gasteiger partial charge < -0.3 is 29.9 Å². The molecule has 2 fully saturated rings. The number of anilines is 1. The van der Waals surface area contributed by atoms with Gasteiger partial charge in [0, 0.05) is 45.0 Å². The van der Waals surface area contributed by atoms with E-state index in [1.165, 1.54) is 4.90 Å². The SMILES string of the molecule is CCOC(=O)N1CCN(CC(=O)N2CCNC(=O)[C@@H]2CC(=O)Nc2ccc(OCC)cc2)CC1. The van der Waals surface area contributed by atoms with Crippen LogP contribution in [0.2, 0.25) is 0 Å². The van der Waals surface area contributed by atoms with Crippen molar-refractivity contribution in [1.29, 1.82) is 0 Å². The van der Waals surface area contributed by atoms with Crippen LogP contribution < -0.4 is 15.4 Å². The molecule has 0 aliphatic carbocycles. The summed E-state index contributed by atoms with van der Waals surface area (Å²) in [5.41, 5.74) is 0.585. The van der Waals surface area contributed by atoms with Crippen molar-refractivity contribution < 1.29 is 28.7 Å². The van der Waals surface area contributed by atoms with Crippen LogP contribution in [0, 0.1) is 0 Å². The second-order valence-electron chi connectivity index (χ2n) is 8.07. The molecule has 0 spiro atoms. The number of nitrogens with zero attached hydrogens (tertiary/aromatic N) is 3. The maximum Gasteiger partial charge on any atom is 0.409 e. The zero-order chi connectivity index (χ0) is 24.5. The maximum atomic E-state index is 13.0. The fraction of sp³-hybridized carbons (Fsp3) is 0.565. The lowest BCUT2D eigenvalue weighted by Gasteiger charge is -2.38. The van der Waals surface area contributed by atoms with Gasteiger partial charge >= 0.3 is 6.09 Å². The van der Waals surface area contributed by atoms with Gasteiger partial charge in [-0.1, -0.05) is 0 Å². The quantitative estimate of drug-likeness (QED) is 0.562. The van der Waals surface area contributed by atoms with Crippen LogP contribution >= 0.6 is 0 Å². The number of nitrogens with one attached hydrogen (secondary N) is 2. The molecule has 0 aromatic heterocycles. The highest BCUT2D eigenvalue weighted by Gasteiger charge is 2.35. The molecule has 186 valence electrons. The lowest BCUT2D eigenvalue weighted by molar-refractivity contribution is -0.145. The number of hydrogen-bond acceptors (Lipinski definition) is 7. The van der Waals surface area contributed by atoms with Crippen LogP contribution in [-0.2, 0) is 19.1 Å². The Morgan fingerprint density at radius 1 is 1.03 bits per heavy atom. The normalized spacial score (nSPS) is 18.8. The van der Waals surface area contributed by atoms with Crippen molar-refractivity contribution in [2.75, 3.05) is 64.3 Å². The lowest BCUT2D eigenvalue weighted by atomic mass is 10.1. The van der Waals surface area contributed by atoms with E-state index in [1.807, 2.05) is 11.8 Å². The largest absolute Gasteiger partial charge is 0.494 e. The Morgan fingerprint density at radius 2 is 1.74 bits per heavy atom. The zero-order valence-corrected chi connectivity index (χ0v) is 19.7. The van der Waals surface area contributed by atoms with Gasteiger partial charge in [-0.3, -0.25) is 19.3 Å². The number of ether oxygens (including phenoxy) is 2. The van der Waals surface area contributed by atoms with E-state index in [-0.39, 0.29) is 36.8 Å². The first-order valence-corrected chi connectivity index (χ1v) is 11.6. The molecule has 0 radical (unpaired) electrons. The third-order valence-electron chi connectivity index (χ3n) is 5.74. The molecule has 11 nitrogen and oxygen atoms in total. The number of amides is 4. The molecule has 2 heterocycles. The van der Waals surface area contributed by atoms with Gasteiger partial charge in [0.1, 0.15) is 11.8 Å². The van der Waals surface area contributed by atoms with E-state index >= 15 is 0 Å². The average molecular weight is 476 g/mol. The molecule has 11 heteroatoms. The molecule has 1 aromatic rings. The van der Waals surface area contributed by atoms with Crippen LogP contribution in [0.3, 0.4) is 0 Å². The van der Waals surface area contributed by atoms with Crippen molar-refractivity contribution in [3.05, 3.63) is 24.3 Å². The predicted molar refractivity (Wildman–Crippen MR) is 124 cm³/mol. The minimum Gasteiger partial charge on any atom is -0.494 e. The Morgan fingerprint density at radius 3 is 2.38 bits per heavy atom.